The number of carboxylic acid groups (broad SMARTS) is 1. The van der Waals surface area contributed by atoms with Crippen molar-refractivity contribution < 1.29 is 18.3 Å². The van der Waals surface area contributed by atoms with E-state index >= 15 is 0 Å². The molecule has 0 amide bonds. The van der Waals surface area contributed by atoms with E-state index in [9.17, 15) is 18.3 Å². The first-order chi connectivity index (χ1) is 16.8. The van der Waals surface area contributed by atoms with Crippen LogP contribution >= 0.6 is 0 Å². The summed E-state index contributed by atoms with van der Waals surface area (Å²) in [7, 11) is -3.87. The number of nitrogens with one attached hydrogen (secondary N) is 1. The van der Waals surface area contributed by atoms with Gasteiger partial charge < -0.3 is 10.0 Å². The van der Waals surface area contributed by atoms with Crippen molar-refractivity contribution in [1.29, 1.82) is 0 Å². The second-order valence-corrected chi connectivity index (χ2v) is 9.89. The maximum atomic E-state index is 12.9. The Morgan fingerprint density at radius 2 is 1.34 bits per heavy atom. The average Bonchev–Trinajstić information content (AvgIpc) is 2.85. The Labute approximate surface area is 205 Å². The fraction of sp³-hybridized carbons (Fsp3) is 0.107. The summed E-state index contributed by atoms with van der Waals surface area (Å²) in [6.07, 6.45) is 0. The molecule has 0 radical (unpaired) electrons. The third-order valence-corrected chi connectivity index (χ3v) is 7.18. The van der Waals surface area contributed by atoms with E-state index in [0.717, 1.165) is 11.1 Å². The quantitative estimate of drug-likeness (QED) is 0.317. The number of benzene rings is 4. The van der Waals surface area contributed by atoms with Gasteiger partial charge in [0, 0.05) is 18.8 Å². The monoisotopic (exact) mass is 486 g/mol. The summed E-state index contributed by atoms with van der Waals surface area (Å²) in [6, 6.07) is 30.9. The molecule has 0 unspecified atom stereocenters. The average molecular weight is 487 g/mol. The van der Waals surface area contributed by atoms with Gasteiger partial charge in [-0.2, -0.15) is 0 Å². The number of nitrogens with zero attached hydrogens (tertiary/aromatic N) is 1. The third-order valence-electron chi connectivity index (χ3n) is 5.64. The highest BCUT2D eigenvalue weighted by molar-refractivity contribution is 7.92. The van der Waals surface area contributed by atoms with E-state index in [1.54, 1.807) is 37.3 Å². The highest BCUT2D eigenvalue weighted by Gasteiger charge is 2.21. The molecule has 6 nitrogen and oxygen atoms in total. The van der Waals surface area contributed by atoms with Crippen molar-refractivity contribution in [1.82, 2.24) is 0 Å². The van der Waals surface area contributed by atoms with Crippen molar-refractivity contribution in [2.24, 2.45) is 0 Å². The van der Waals surface area contributed by atoms with Crippen LogP contribution in [0.2, 0.25) is 0 Å². The normalized spacial score (nSPS) is 11.1. The topological polar surface area (TPSA) is 86.7 Å². The molecule has 4 aromatic carbocycles. The third kappa shape index (κ3) is 5.88. The van der Waals surface area contributed by atoms with Crippen molar-refractivity contribution in [3.63, 3.8) is 0 Å². The zero-order chi connectivity index (χ0) is 24.8. The number of sulfonamides is 1. The van der Waals surface area contributed by atoms with Crippen LogP contribution in [0.4, 0.5) is 11.4 Å². The number of anilines is 2. The predicted octanol–water partition coefficient (Wildman–Crippen LogP) is 5.70. The fourth-order valence-electron chi connectivity index (χ4n) is 3.95. The number of hydrogen-bond donors (Lipinski definition) is 2. The zero-order valence-electron chi connectivity index (χ0n) is 19.3. The molecule has 0 saturated carbocycles. The van der Waals surface area contributed by atoms with Gasteiger partial charge in [0.2, 0.25) is 0 Å². The first-order valence-electron chi connectivity index (χ1n) is 11.1. The highest BCUT2D eigenvalue weighted by atomic mass is 32.2. The first kappa shape index (κ1) is 24.0. The van der Waals surface area contributed by atoms with Crippen molar-refractivity contribution in [3.8, 4) is 0 Å². The maximum Gasteiger partial charge on any atom is 0.337 e. The zero-order valence-corrected chi connectivity index (χ0v) is 20.1. The van der Waals surface area contributed by atoms with Crippen molar-refractivity contribution in [3.05, 3.63) is 125 Å². The molecule has 0 aliphatic rings. The van der Waals surface area contributed by atoms with Crippen LogP contribution in [-0.2, 0) is 23.1 Å². The van der Waals surface area contributed by atoms with Crippen LogP contribution in [-0.4, -0.2) is 19.5 Å². The molecule has 2 N–H and O–H groups in total. The number of hydrogen-bond acceptors (Lipinski definition) is 4. The molecular weight excluding hydrogens is 460 g/mol. The molecule has 0 atom stereocenters. The molecule has 4 rings (SSSR count). The van der Waals surface area contributed by atoms with E-state index in [-0.39, 0.29) is 16.1 Å². The summed E-state index contributed by atoms with van der Waals surface area (Å²) in [4.78, 5) is 14.4. The Hall–Kier alpha value is -4.10. The highest BCUT2D eigenvalue weighted by Crippen LogP contribution is 2.29. The molecule has 0 saturated heterocycles. The van der Waals surface area contributed by atoms with Crippen molar-refractivity contribution in [2.45, 2.75) is 24.9 Å². The minimum Gasteiger partial charge on any atom is -0.478 e. The van der Waals surface area contributed by atoms with Crippen LogP contribution in [0.15, 0.2) is 108 Å². The van der Waals surface area contributed by atoms with Crippen LogP contribution in [0.5, 0.6) is 0 Å². The maximum absolute atomic E-state index is 12.9. The van der Waals surface area contributed by atoms with E-state index in [4.69, 9.17) is 0 Å². The number of aromatic carboxylic acids is 1. The van der Waals surface area contributed by atoms with Gasteiger partial charge in [0.25, 0.3) is 10.0 Å². The molecule has 7 heteroatoms. The SMILES string of the molecule is Cc1ccccc1S(=O)(=O)Nc1ccc(N(Cc2ccccc2)Cc2ccccc2)c(C(=O)O)c1. The van der Waals surface area contributed by atoms with Gasteiger partial charge in [0.05, 0.1) is 16.1 Å². The lowest BCUT2D eigenvalue weighted by molar-refractivity contribution is 0.0697. The molecule has 0 heterocycles. The van der Waals surface area contributed by atoms with E-state index in [1.807, 2.05) is 65.6 Å². The molecule has 178 valence electrons. The Kier molecular flexibility index (Phi) is 7.17. The summed E-state index contributed by atoms with van der Waals surface area (Å²) in [5, 5.41) is 10.0. The van der Waals surface area contributed by atoms with Crippen LogP contribution in [0.25, 0.3) is 0 Å². The molecular formula is C28H26N2O4S. The van der Waals surface area contributed by atoms with Crippen molar-refractivity contribution in [2.75, 3.05) is 9.62 Å². The molecule has 0 aliphatic carbocycles. The first-order valence-corrected chi connectivity index (χ1v) is 12.6. The van der Waals surface area contributed by atoms with Gasteiger partial charge in [0.1, 0.15) is 0 Å². The number of aryl methyl sites for hydroxylation is 1. The van der Waals surface area contributed by atoms with Gasteiger partial charge >= 0.3 is 5.97 Å². The van der Waals surface area contributed by atoms with Gasteiger partial charge in [-0.05, 0) is 47.9 Å². The van der Waals surface area contributed by atoms with E-state index in [1.165, 1.54) is 12.1 Å². The van der Waals surface area contributed by atoms with Gasteiger partial charge in [-0.3, -0.25) is 4.72 Å². The van der Waals surface area contributed by atoms with Gasteiger partial charge in [0.15, 0.2) is 0 Å². The summed E-state index contributed by atoms with van der Waals surface area (Å²) < 4.78 is 28.4. The molecule has 0 bridgehead atoms. The molecule has 4 aromatic rings. The van der Waals surface area contributed by atoms with Crippen LogP contribution in [0.1, 0.15) is 27.0 Å². The Morgan fingerprint density at radius 3 is 1.89 bits per heavy atom. The van der Waals surface area contributed by atoms with Gasteiger partial charge in [-0.25, -0.2) is 13.2 Å². The smallest absolute Gasteiger partial charge is 0.337 e. The van der Waals surface area contributed by atoms with Crippen LogP contribution in [0, 0.1) is 6.92 Å². The lowest BCUT2D eigenvalue weighted by Crippen LogP contribution is -2.24. The summed E-state index contributed by atoms with van der Waals surface area (Å²) in [6.45, 7) is 2.69. The minimum absolute atomic E-state index is 0.0156. The fourth-order valence-corrected chi connectivity index (χ4v) is 5.25. The largest absolute Gasteiger partial charge is 0.478 e. The lowest BCUT2D eigenvalue weighted by Gasteiger charge is -2.27. The molecule has 0 spiro atoms. The standard InChI is InChI=1S/C28H26N2O4S/c1-21-10-8-9-15-27(21)35(33,34)29-24-16-17-26(25(18-24)28(31)32)30(19-22-11-4-2-5-12-22)20-23-13-6-3-7-14-23/h2-18,29H,19-20H2,1H3,(H,31,32). The van der Waals surface area contributed by atoms with Crippen molar-refractivity contribution >= 4 is 27.4 Å². The number of carbonyl (C=O) groups is 1. The Balaban J connectivity index is 1.71. The predicted molar refractivity (Wildman–Crippen MR) is 138 cm³/mol. The summed E-state index contributed by atoms with van der Waals surface area (Å²) >= 11 is 0. The number of carboxylic acids is 1. The number of rotatable bonds is 9. The molecule has 0 aliphatic heterocycles. The van der Waals surface area contributed by atoms with E-state index < -0.39 is 16.0 Å². The molecule has 0 aromatic heterocycles. The molecule has 35 heavy (non-hydrogen) atoms. The summed E-state index contributed by atoms with van der Waals surface area (Å²) in [5.74, 6) is -1.14. The summed E-state index contributed by atoms with van der Waals surface area (Å²) in [5.41, 5.74) is 3.37. The Bertz CT molecular complexity index is 1380. The Morgan fingerprint density at radius 1 is 0.800 bits per heavy atom. The molecule has 0 fully saturated rings. The minimum atomic E-state index is -3.87. The van der Waals surface area contributed by atoms with E-state index in [0.29, 0.717) is 24.3 Å². The van der Waals surface area contributed by atoms with Crippen LogP contribution in [0.3, 0.4) is 0 Å². The lowest BCUT2D eigenvalue weighted by atomic mass is 10.1. The van der Waals surface area contributed by atoms with E-state index in [2.05, 4.69) is 4.72 Å². The van der Waals surface area contributed by atoms with Gasteiger partial charge in [-0.15, -0.1) is 0 Å². The van der Waals surface area contributed by atoms with Crippen LogP contribution < -0.4 is 9.62 Å². The second kappa shape index (κ2) is 10.4. The second-order valence-electron chi connectivity index (χ2n) is 8.24. The van der Waals surface area contributed by atoms with Gasteiger partial charge in [-0.1, -0.05) is 78.9 Å².